The van der Waals surface area contributed by atoms with E-state index in [1.54, 1.807) is 23.9 Å². The fraction of sp³-hybridized carbons (Fsp3) is 0.316. The van der Waals surface area contributed by atoms with Gasteiger partial charge in [-0.2, -0.15) is 11.8 Å². The zero-order valence-corrected chi connectivity index (χ0v) is 18.0. The van der Waals surface area contributed by atoms with E-state index in [1.165, 1.54) is 12.3 Å². The third-order valence-electron chi connectivity index (χ3n) is 3.86. The molecule has 7 nitrogen and oxygen atoms in total. The van der Waals surface area contributed by atoms with Gasteiger partial charge in [-0.25, -0.2) is 0 Å². The molecule has 0 aliphatic rings. The molecule has 0 aliphatic heterocycles. The van der Waals surface area contributed by atoms with Gasteiger partial charge in [-0.15, -0.1) is 0 Å². The molecule has 1 aromatic carbocycles. The lowest BCUT2D eigenvalue weighted by Crippen LogP contribution is -2.48. The van der Waals surface area contributed by atoms with Crippen molar-refractivity contribution in [1.29, 1.82) is 0 Å². The van der Waals surface area contributed by atoms with Crippen molar-refractivity contribution in [3.8, 4) is 0 Å². The van der Waals surface area contributed by atoms with Crippen molar-refractivity contribution in [2.24, 2.45) is 0 Å². The molecule has 1 heterocycles. The summed E-state index contributed by atoms with van der Waals surface area (Å²) < 4.78 is 5.97. The van der Waals surface area contributed by atoms with Crippen molar-refractivity contribution in [3.63, 3.8) is 0 Å². The number of thioether (sulfide) groups is 1. The maximum absolute atomic E-state index is 12.5. The number of aryl methyl sites for hydroxylation is 1. The first-order valence-corrected chi connectivity index (χ1v) is 10.8. The second kappa shape index (κ2) is 10.9. The van der Waals surface area contributed by atoms with Crippen LogP contribution in [0.15, 0.2) is 45.5 Å². The van der Waals surface area contributed by atoms with Crippen LogP contribution in [0.1, 0.15) is 22.5 Å². The topological polar surface area (TPSA) is 100 Å². The second-order valence-corrected chi connectivity index (χ2v) is 7.91. The van der Waals surface area contributed by atoms with E-state index >= 15 is 0 Å². The third kappa shape index (κ3) is 6.72. The number of rotatable bonds is 9. The van der Waals surface area contributed by atoms with Gasteiger partial charge in [0, 0.05) is 10.2 Å². The number of hydrogen-bond acceptors (Lipinski definition) is 5. The monoisotopic (exact) mass is 467 g/mol. The zero-order chi connectivity index (χ0) is 20.5. The first-order valence-electron chi connectivity index (χ1n) is 8.57. The molecule has 150 valence electrons. The molecule has 1 unspecified atom stereocenters. The lowest BCUT2D eigenvalue weighted by molar-refractivity contribution is -0.125. The standard InChI is InChI=1S/C19H22BrN3O4S/c1-12-10-13(20)5-6-14(12)22-17(24)11-21-18(25)15(7-9-28-2)23-19(26)16-4-3-8-27-16/h3-6,8,10,15H,7,9,11H2,1-2H3,(H,21,25)(H,22,24)(H,23,26). The summed E-state index contributed by atoms with van der Waals surface area (Å²) in [7, 11) is 0. The Hall–Kier alpha value is -2.26. The fourth-order valence-corrected chi connectivity index (χ4v) is 3.34. The highest BCUT2D eigenvalue weighted by atomic mass is 79.9. The summed E-state index contributed by atoms with van der Waals surface area (Å²) in [6.07, 6.45) is 3.74. The van der Waals surface area contributed by atoms with Gasteiger partial charge in [0.2, 0.25) is 11.8 Å². The van der Waals surface area contributed by atoms with Crippen molar-refractivity contribution < 1.29 is 18.8 Å². The summed E-state index contributed by atoms with van der Waals surface area (Å²) in [5, 5.41) is 7.98. The van der Waals surface area contributed by atoms with Crippen LogP contribution < -0.4 is 16.0 Å². The minimum Gasteiger partial charge on any atom is -0.459 e. The summed E-state index contributed by atoms with van der Waals surface area (Å²) in [5.41, 5.74) is 1.57. The van der Waals surface area contributed by atoms with Crippen molar-refractivity contribution in [2.75, 3.05) is 23.9 Å². The first-order chi connectivity index (χ1) is 13.4. The van der Waals surface area contributed by atoms with E-state index in [2.05, 4.69) is 31.9 Å². The number of halogens is 1. The molecular formula is C19H22BrN3O4S. The Labute approximate surface area is 176 Å². The Morgan fingerprint density at radius 1 is 1.25 bits per heavy atom. The SMILES string of the molecule is CSCCC(NC(=O)c1ccco1)C(=O)NCC(=O)Nc1ccc(Br)cc1C. The van der Waals surface area contributed by atoms with E-state index in [-0.39, 0.29) is 18.2 Å². The van der Waals surface area contributed by atoms with Crippen molar-refractivity contribution in [1.82, 2.24) is 10.6 Å². The molecule has 0 saturated heterocycles. The van der Waals surface area contributed by atoms with Gasteiger partial charge in [-0.3, -0.25) is 14.4 Å². The Bertz CT molecular complexity index is 827. The first kappa shape index (κ1) is 22.0. The molecule has 2 aromatic rings. The predicted octanol–water partition coefficient (Wildman–Crippen LogP) is 2.96. The van der Waals surface area contributed by atoms with E-state index in [1.807, 2.05) is 25.3 Å². The van der Waals surface area contributed by atoms with E-state index in [0.717, 1.165) is 10.0 Å². The number of furan rings is 1. The fourth-order valence-electron chi connectivity index (χ4n) is 2.39. The van der Waals surface area contributed by atoms with Gasteiger partial charge in [-0.1, -0.05) is 15.9 Å². The molecule has 0 radical (unpaired) electrons. The van der Waals surface area contributed by atoms with Crippen LogP contribution in [-0.4, -0.2) is 42.3 Å². The summed E-state index contributed by atoms with van der Waals surface area (Å²) >= 11 is 4.93. The van der Waals surface area contributed by atoms with Crippen molar-refractivity contribution >= 4 is 51.1 Å². The quantitative estimate of drug-likeness (QED) is 0.526. The van der Waals surface area contributed by atoms with Gasteiger partial charge in [0.25, 0.3) is 5.91 Å². The van der Waals surface area contributed by atoms with Crippen LogP contribution in [0, 0.1) is 6.92 Å². The van der Waals surface area contributed by atoms with Gasteiger partial charge in [-0.05, 0) is 61.2 Å². The average molecular weight is 468 g/mol. The van der Waals surface area contributed by atoms with Gasteiger partial charge in [0.1, 0.15) is 6.04 Å². The summed E-state index contributed by atoms with van der Waals surface area (Å²) in [6, 6.07) is 7.85. The predicted molar refractivity (Wildman–Crippen MR) is 113 cm³/mol. The summed E-state index contributed by atoms with van der Waals surface area (Å²) in [4.78, 5) is 36.8. The van der Waals surface area contributed by atoms with Crippen molar-refractivity contribution in [3.05, 3.63) is 52.4 Å². The van der Waals surface area contributed by atoms with Gasteiger partial charge < -0.3 is 20.4 Å². The molecule has 0 fully saturated rings. The lowest BCUT2D eigenvalue weighted by atomic mass is 10.2. The maximum Gasteiger partial charge on any atom is 0.287 e. The third-order valence-corrected chi connectivity index (χ3v) is 5.00. The summed E-state index contributed by atoms with van der Waals surface area (Å²) in [5.74, 6) is -0.427. The van der Waals surface area contributed by atoms with Gasteiger partial charge in [0.05, 0.1) is 12.8 Å². The molecule has 0 spiro atoms. The lowest BCUT2D eigenvalue weighted by Gasteiger charge is -2.17. The summed E-state index contributed by atoms with van der Waals surface area (Å²) in [6.45, 7) is 1.68. The van der Waals surface area contributed by atoms with Crippen LogP contribution in [-0.2, 0) is 9.59 Å². The molecule has 0 aliphatic carbocycles. The molecule has 0 bridgehead atoms. The van der Waals surface area contributed by atoms with E-state index in [0.29, 0.717) is 17.9 Å². The van der Waals surface area contributed by atoms with Gasteiger partial charge >= 0.3 is 0 Å². The minimum atomic E-state index is -0.757. The van der Waals surface area contributed by atoms with Crippen molar-refractivity contribution in [2.45, 2.75) is 19.4 Å². The largest absolute Gasteiger partial charge is 0.459 e. The number of benzene rings is 1. The molecule has 1 atom stereocenters. The highest BCUT2D eigenvalue weighted by Crippen LogP contribution is 2.19. The minimum absolute atomic E-state index is 0.130. The Morgan fingerprint density at radius 3 is 2.68 bits per heavy atom. The number of nitrogens with one attached hydrogen (secondary N) is 3. The number of carbonyl (C=O) groups excluding carboxylic acids is 3. The van der Waals surface area contributed by atoms with E-state index < -0.39 is 17.9 Å². The number of carbonyl (C=O) groups is 3. The van der Waals surface area contributed by atoms with Crippen LogP contribution >= 0.6 is 27.7 Å². The van der Waals surface area contributed by atoms with Crippen LogP contribution in [0.2, 0.25) is 0 Å². The Morgan fingerprint density at radius 2 is 2.04 bits per heavy atom. The highest BCUT2D eigenvalue weighted by Gasteiger charge is 2.22. The number of anilines is 1. The maximum atomic E-state index is 12.5. The van der Waals surface area contributed by atoms with Crippen LogP contribution in [0.25, 0.3) is 0 Å². The van der Waals surface area contributed by atoms with E-state index in [9.17, 15) is 14.4 Å². The second-order valence-electron chi connectivity index (χ2n) is 6.01. The number of hydrogen-bond donors (Lipinski definition) is 3. The van der Waals surface area contributed by atoms with Crippen LogP contribution in [0.3, 0.4) is 0 Å². The Kier molecular flexibility index (Phi) is 8.59. The number of amides is 3. The normalized spacial score (nSPS) is 11.5. The molecule has 2 rings (SSSR count). The highest BCUT2D eigenvalue weighted by molar-refractivity contribution is 9.10. The van der Waals surface area contributed by atoms with Crippen LogP contribution in [0.4, 0.5) is 5.69 Å². The van der Waals surface area contributed by atoms with Gasteiger partial charge in [0.15, 0.2) is 5.76 Å². The zero-order valence-electron chi connectivity index (χ0n) is 15.6. The average Bonchev–Trinajstić information content (AvgIpc) is 3.20. The Balaban J connectivity index is 1.90. The molecule has 3 N–H and O–H groups in total. The smallest absolute Gasteiger partial charge is 0.287 e. The van der Waals surface area contributed by atoms with Crippen LogP contribution in [0.5, 0.6) is 0 Å². The molecule has 9 heteroatoms. The molecule has 1 aromatic heterocycles. The van der Waals surface area contributed by atoms with E-state index in [4.69, 9.17) is 4.42 Å². The molecular weight excluding hydrogens is 446 g/mol. The molecule has 0 saturated carbocycles. The molecule has 3 amide bonds. The molecule has 28 heavy (non-hydrogen) atoms.